The minimum absolute atomic E-state index is 0.111. The average Bonchev–Trinajstić information content (AvgIpc) is 2.89. The molecule has 0 fully saturated rings. The van der Waals surface area contributed by atoms with Crippen LogP contribution in [-0.2, 0) is 13.2 Å². The molecule has 0 saturated heterocycles. The molecule has 0 aliphatic rings. The molecule has 16 heavy (non-hydrogen) atoms. The molecule has 2 aromatic rings. The Kier molecular flexibility index (Phi) is 4.82. The van der Waals surface area contributed by atoms with Crippen LogP contribution in [0.15, 0.2) is 33.3 Å². The van der Waals surface area contributed by atoms with Crippen molar-refractivity contribution in [1.29, 1.82) is 0 Å². The van der Waals surface area contributed by atoms with Crippen LogP contribution in [0.5, 0.6) is 0 Å². The summed E-state index contributed by atoms with van der Waals surface area (Å²) in [5.74, 6) is 1.98. The lowest BCUT2D eigenvalue weighted by Gasteiger charge is -1.86. The second kappa shape index (κ2) is 6.15. The highest BCUT2D eigenvalue weighted by Crippen LogP contribution is 2.06. The summed E-state index contributed by atoms with van der Waals surface area (Å²) in [7, 11) is 0. The Morgan fingerprint density at radius 2 is 1.56 bits per heavy atom. The molecule has 2 rings (SSSR count). The van der Waals surface area contributed by atoms with E-state index in [1.165, 1.54) is 5.56 Å². The van der Waals surface area contributed by atoms with Crippen molar-refractivity contribution in [1.82, 2.24) is 0 Å². The standard InChI is InChI=1S/C6H8O3.C6H8O/c7-3-5-1-2-6(4-8)9-5;1-5-3-4-7-6(5)2/h1-2,7-8H,3-4H2;3-4H,1-2H3. The predicted molar refractivity (Wildman–Crippen MR) is 58.7 cm³/mol. The van der Waals surface area contributed by atoms with Crippen molar-refractivity contribution in [3.8, 4) is 0 Å². The predicted octanol–water partition coefficient (Wildman–Crippen LogP) is 2.16. The summed E-state index contributed by atoms with van der Waals surface area (Å²) in [6, 6.07) is 5.21. The lowest BCUT2D eigenvalue weighted by atomic mass is 10.3. The molecule has 88 valence electrons. The summed E-state index contributed by atoms with van der Waals surface area (Å²) < 4.78 is 9.85. The molecule has 0 atom stereocenters. The molecule has 2 heterocycles. The van der Waals surface area contributed by atoms with Gasteiger partial charge in [0, 0.05) is 0 Å². The van der Waals surface area contributed by atoms with E-state index >= 15 is 0 Å². The SMILES string of the molecule is Cc1ccoc1C.OCc1ccc(CO)o1. The van der Waals surface area contributed by atoms with E-state index in [-0.39, 0.29) is 13.2 Å². The van der Waals surface area contributed by atoms with E-state index in [0.29, 0.717) is 11.5 Å². The second-order valence-electron chi connectivity index (χ2n) is 3.34. The smallest absolute Gasteiger partial charge is 0.129 e. The van der Waals surface area contributed by atoms with Crippen molar-refractivity contribution in [2.24, 2.45) is 0 Å². The molecule has 0 aliphatic carbocycles. The third kappa shape index (κ3) is 3.56. The lowest BCUT2D eigenvalue weighted by Crippen LogP contribution is -1.76. The zero-order valence-corrected chi connectivity index (χ0v) is 9.43. The van der Waals surface area contributed by atoms with Crippen molar-refractivity contribution in [2.45, 2.75) is 27.1 Å². The van der Waals surface area contributed by atoms with Crippen molar-refractivity contribution in [3.05, 3.63) is 47.3 Å². The third-order valence-electron chi connectivity index (χ3n) is 2.15. The minimum Gasteiger partial charge on any atom is -0.469 e. The maximum Gasteiger partial charge on any atom is 0.129 e. The minimum atomic E-state index is -0.111. The van der Waals surface area contributed by atoms with Crippen LogP contribution in [0.3, 0.4) is 0 Å². The number of hydrogen-bond acceptors (Lipinski definition) is 4. The molecule has 4 nitrogen and oxygen atoms in total. The molecule has 0 amide bonds. The number of aliphatic hydroxyl groups is 2. The van der Waals surface area contributed by atoms with Gasteiger partial charge in [0.25, 0.3) is 0 Å². The summed E-state index contributed by atoms with van der Waals surface area (Å²) in [4.78, 5) is 0. The van der Waals surface area contributed by atoms with Crippen LogP contribution in [0.4, 0.5) is 0 Å². The summed E-state index contributed by atoms with van der Waals surface area (Å²) in [5.41, 5.74) is 1.22. The first kappa shape index (κ1) is 12.5. The van der Waals surface area contributed by atoms with E-state index in [2.05, 4.69) is 0 Å². The fourth-order valence-electron chi connectivity index (χ4n) is 1.04. The van der Waals surface area contributed by atoms with Crippen LogP contribution < -0.4 is 0 Å². The molecule has 2 aromatic heterocycles. The summed E-state index contributed by atoms with van der Waals surface area (Å²) in [6.45, 7) is 3.76. The maximum absolute atomic E-state index is 8.47. The Morgan fingerprint density at radius 1 is 1.00 bits per heavy atom. The van der Waals surface area contributed by atoms with Crippen LogP contribution >= 0.6 is 0 Å². The molecule has 0 bridgehead atoms. The Morgan fingerprint density at radius 3 is 1.75 bits per heavy atom. The van der Waals surface area contributed by atoms with Gasteiger partial charge in [-0.15, -0.1) is 0 Å². The van der Waals surface area contributed by atoms with Gasteiger partial charge in [0.1, 0.15) is 30.5 Å². The number of hydrogen-bond donors (Lipinski definition) is 2. The molecule has 0 aliphatic heterocycles. The Hall–Kier alpha value is -1.52. The van der Waals surface area contributed by atoms with Gasteiger partial charge >= 0.3 is 0 Å². The van der Waals surface area contributed by atoms with E-state index in [4.69, 9.17) is 19.0 Å². The molecule has 0 aromatic carbocycles. The highest BCUT2D eigenvalue weighted by molar-refractivity contribution is 5.11. The monoisotopic (exact) mass is 224 g/mol. The normalized spacial score (nSPS) is 9.75. The van der Waals surface area contributed by atoms with E-state index < -0.39 is 0 Å². The molecule has 0 spiro atoms. The van der Waals surface area contributed by atoms with E-state index in [1.54, 1.807) is 18.4 Å². The van der Waals surface area contributed by atoms with Gasteiger partial charge < -0.3 is 19.0 Å². The Labute approximate surface area is 94.1 Å². The zero-order chi connectivity index (χ0) is 12.0. The van der Waals surface area contributed by atoms with Crippen LogP contribution in [0, 0.1) is 13.8 Å². The molecule has 2 N–H and O–H groups in total. The van der Waals surface area contributed by atoms with Crippen LogP contribution in [0.25, 0.3) is 0 Å². The quantitative estimate of drug-likeness (QED) is 0.820. The van der Waals surface area contributed by atoms with E-state index in [0.717, 1.165) is 5.76 Å². The van der Waals surface area contributed by atoms with Gasteiger partial charge in [0.05, 0.1) is 6.26 Å². The maximum atomic E-state index is 8.47. The fraction of sp³-hybridized carbons (Fsp3) is 0.333. The van der Waals surface area contributed by atoms with Crippen molar-refractivity contribution >= 4 is 0 Å². The largest absolute Gasteiger partial charge is 0.469 e. The topological polar surface area (TPSA) is 66.7 Å². The van der Waals surface area contributed by atoms with E-state index in [9.17, 15) is 0 Å². The van der Waals surface area contributed by atoms with Crippen LogP contribution in [-0.4, -0.2) is 10.2 Å². The lowest BCUT2D eigenvalue weighted by molar-refractivity contribution is 0.215. The summed E-state index contributed by atoms with van der Waals surface area (Å²) in [6.07, 6.45) is 1.70. The molecular weight excluding hydrogens is 208 g/mol. The number of furan rings is 2. The van der Waals surface area contributed by atoms with Gasteiger partial charge in [0.15, 0.2) is 0 Å². The second-order valence-corrected chi connectivity index (χ2v) is 3.34. The molecule has 0 unspecified atom stereocenters. The first-order chi connectivity index (χ1) is 7.67. The van der Waals surface area contributed by atoms with Gasteiger partial charge in [-0.2, -0.15) is 0 Å². The van der Waals surface area contributed by atoms with Gasteiger partial charge in [-0.05, 0) is 37.6 Å². The van der Waals surface area contributed by atoms with Crippen molar-refractivity contribution in [2.75, 3.05) is 0 Å². The highest BCUT2D eigenvalue weighted by atomic mass is 16.4. The Bertz CT molecular complexity index is 379. The number of aliphatic hydroxyl groups excluding tert-OH is 2. The van der Waals surface area contributed by atoms with Crippen molar-refractivity contribution in [3.63, 3.8) is 0 Å². The van der Waals surface area contributed by atoms with Crippen LogP contribution in [0.2, 0.25) is 0 Å². The van der Waals surface area contributed by atoms with Gasteiger partial charge in [-0.1, -0.05) is 0 Å². The fourth-order valence-corrected chi connectivity index (χ4v) is 1.04. The zero-order valence-electron chi connectivity index (χ0n) is 9.43. The van der Waals surface area contributed by atoms with Crippen molar-refractivity contribution < 1.29 is 19.0 Å². The number of aryl methyl sites for hydroxylation is 2. The molecule has 0 saturated carbocycles. The van der Waals surface area contributed by atoms with E-state index in [1.807, 2.05) is 19.9 Å². The molecule has 0 radical (unpaired) electrons. The summed E-state index contributed by atoms with van der Waals surface area (Å²) in [5, 5.41) is 16.9. The molecular formula is C12H16O4. The average molecular weight is 224 g/mol. The summed E-state index contributed by atoms with van der Waals surface area (Å²) >= 11 is 0. The Balaban J connectivity index is 0.000000165. The van der Waals surface area contributed by atoms with Gasteiger partial charge in [0.2, 0.25) is 0 Å². The first-order valence-corrected chi connectivity index (χ1v) is 4.97. The van der Waals surface area contributed by atoms with Gasteiger partial charge in [-0.25, -0.2) is 0 Å². The highest BCUT2D eigenvalue weighted by Gasteiger charge is 1.96. The first-order valence-electron chi connectivity index (χ1n) is 4.97. The third-order valence-corrected chi connectivity index (χ3v) is 2.15. The van der Waals surface area contributed by atoms with Gasteiger partial charge in [-0.3, -0.25) is 0 Å². The number of rotatable bonds is 2. The molecule has 4 heteroatoms. The van der Waals surface area contributed by atoms with Crippen LogP contribution in [0.1, 0.15) is 22.8 Å².